The van der Waals surface area contributed by atoms with Crippen LogP contribution in [0, 0.1) is 0 Å². The topological polar surface area (TPSA) is 47.3 Å². The molecular weight excluding hydrogens is 197 g/mol. The minimum atomic E-state index is -4.22. The van der Waals surface area contributed by atoms with E-state index in [4.69, 9.17) is 5.73 Å². The third-order valence-corrected chi connectivity index (χ3v) is 1.58. The van der Waals surface area contributed by atoms with Crippen molar-refractivity contribution in [1.29, 1.82) is 0 Å². The van der Waals surface area contributed by atoms with E-state index in [1.807, 2.05) is 6.92 Å². The molecule has 0 aliphatic rings. The highest BCUT2D eigenvalue weighted by molar-refractivity contribution is 4.59. The summed E-state index contributed by atoms with van der Waals surface area (Å²) in [5.41, 5.74) is 5.33. The van der Waals surface area contributed by atoms with Crippen LogP contribution in [-0.4, -0.2) is 38.5 Å². The van der Waals surface area contributed by atoms with Crippen molar-refractivity contribution in [3.8, 4) is 0 Å². The van der Waals surface area contributed by atoms with Crippen LogP contribution >= 0.6 is 0 Å². The third-order valence-electron chi connectivity index (χ3n) is 1.58. The number of rotatable bonds is 7. The standard InChI is InChI=1S/C8H17F3N2O/c1-7(5-12)13-3-2-4-14-6-8(9,10)11/h7,13H,2-6,12H2,1H3/t7-/m0/s1. The van der Waals surface area contributed by atoms with Crippen molar-refractivity contribution in [2.75, 3.05) is 26.3 Å². The smallest absolute Gasteiger partial charge is 0.372 e. The SMILES string of the molecule is C[C@@H](CN)NCCCOCC(F)(F)F. The lowest BCUT2D eigenvalue weighted by Crippen LogP contribution is -2.34. The van der Waals surface area contributed by atoms with E-state index in [9.17, 15) is 13.2 Å². The van der Waals surface area contributed by atoms with Gasteiger partial charge in [-0.05, 0) is 19.9 Å². The van der Waals surface area contributed by atoms with Gasteiger partial charge in [0.15, 0.2) is 0 Å². The molecule has 0 unspecified atom stereocenters. The molecule has 0 aliphatic carbocycles. The second kappa shape index (κ2) is 7.03. The average Bonchev–Trinajstić information content (AvgIpc) is 2.08. The monoisotopic (exact) mass is 214 g/mol. The Morgan fingerprint density at radius 2 is 2.07 bits per heavy atom. The first kappa shape index (κ1) is 13.7. The fourth-order valence-electron chi connectivity index (χ4n) is 0.794. The summed E-state index contributed by atoms with van der Waals surface area (Å²) in [6, 6.07) is 0.192. The zero-order chi connectivity index (χ0) is 11.0. The first-order valence-electron chi connectivity index (χ1n) is 4.53. The zero-order valence-corrected chi connectivity index (χ0v) is 8.23. The fourth-order valence-corrected chi connectivity index (χ4v) is 0.794. The molecule has 0 saturated carbocycles. The number of hydrogen-bond donors (Lipinski definition) is 2. The van der Waals surface area contributed by atoms with Gasteiger partial charge in [0.1, 0.15) is 6.61 Å². The van der Waals surface area contributed by atoms with Crippen LogP contribution in [0.3, 0.4) is 0 Å². The zero-order valence-electron chi connectivity index (χ0n) is 8.23. The number of ether oxygens (including phenoxy) is 1. The van der Waals surface area contributed by atoms with Crippen molar-refractivity contribution >= 4 is 0 Å². The predicted octanol–water partition coefficient (Wildman–Crippen LogP) is 0.892. The van der Waals surface area contributed by atoms with Crippen molar-refractivity contribution in [3.63, 3.8) is 0 Å². The van der Waals surface area contributed by atoms with Gasteiger partial charge in [-0.25, -0.2) is 0 Å². The number of nitrogens with two attached hydrogens (primary N) is 1. The summed E-state index contributed by atoms with van der Waals surface area (Å²) < 4.78 is 39.2. The first-order chi connectivity index (χ1) is 6.45. The van der Waals surface area contributed by atoms with E-state index in [0.29, 0.717) is 19.5 Å². The Balaban J connectivity index is 3.14. The van der Waals surface area contributed by atoms with Gasteiger partial charge in [-0.3, -0.25) is 0 Å². The van der Waals surface area contributed by atoms with Crippen LogP contribution in [0.5, 0.6) is 0 Å². The first-order valence-corrected chi connectivity index (χ1v) is 4.53. The molecule has 0 spiro atoms. The molecule has 6 heteroatoms. The maximum absolute atomic E-state index is 11.6. The molecule has 3 nitrogen and oxygen atoms in total. The van der Waals surface area contributed by atoms with Crippen molar-refractivity contribution in [3.05, 3.63) is 0 Å². The highest BCUT2D eigenvalue weighted by Crippen LogP contribution is 2.14. The van der Waals surface area contributed by atoms with Crippen molar-refractivity contribution in [2.24, 2.45) is 5.73 Å². The quantitative estimate of drug-likeness (QED) is 0.619. The van der Waals surface area contributed by atoms with Crippen LogP contribution in [0.4, 0.5) is 13.2 Å². The number of nitrogens with one attached hydrogen (secondary N) is 1. The van der Waals surface area contributed by atoms with E-state index in [0.717, 1.165) is 0 Å². The molecule has 14 heavy (non-hydrogen) atoms. The van der Waals surface area contributed by atoms with Crippen LogP contribution in [0.25, 0.3) is 0 Å². The number of hydrogen-bond acceptors (Lipinski definition) is 3. The molecule has 0 aromatic rings. The summed E-state index contributed by atoms with van der Waals surface area (Å²) in [5.74, 6) is 0. The van der Waals surface area contributed by atoms with E-state index in [2.05, 4.69) is 10.1 Å². The molecule has 0 aliphatic heterocycles. The number of halogens is 3. The lowest BCUT2D eigenvalue weighted by Gasteiger charge is -2.11. The second-order valence-electron chi connectivity index (χ2n) is 3.11. The van der Waals surface area contributed by atoms with Crippen LogP contribution in [0.1, 0.15) is 13.3 Å². The lowest BCUT2D eigenvalue weighted by atomic mass is 10.3. The van der Waals surface area contributed by atoms with E-state index in [1.165, 1.54) is 0 Å². The maximum atomic E-state index is 11.6. The van der Waals surface area contributed by atoms with Crippen molar-refractivity contribution in [1.82, 2.24) is 5.32 Å². The lowest BCUT2D eigenvalue weighted by molar-refractivity contribution is -0.173. The van der Waals surface area contributed by atoms with E-state index in [1.54, 1.807) is 0 Å². The Kier molecular flexibility index (Phi) is 6.86. The number of alkyl halides is 3. The molecule has 0 amide bonds. The Bertz CT molecular complexity index is 141. The fraction of sp³-hybridized carbons (Fsp3) is 1.00. The Labute approximate surface area is 81.8 Å². The van der Waals surface area contributed by atoms with Gasteiger partial charge in [0.25, 0.3) is 0 Å². The van der Waals surface area contributed by atoms with Crippen LogP contribution in [0.2, 0.25) is 0 Å². The van der Waals surface area contributed by atoms with Crippen molar-refractivity contribution < 1.29 is 17.9 Å². The second-order valence-corrected chi connectivity index (χ2v) is 3.11. The minimum absolute atomic E-state index is 0.115. The summed E-state index contributed by atoms with van der Waals surface area (Å²) in [6.45, 7) is 2.00. The Morgan fingerprint density at radius 3 is 2.57 bits per heavy atom. The molecule has 0 saturated heterocycles. The van der Waals surface area contributed by atoms with E-state index in [-0.39, 0.29) is 12.6 Å². The van der Waals surface area contributed by atoms with Gasteiger partial charge in [0.2, 0.25) is 0 Å². The van der Waals surface area contributed by atoms with Crippen LogP contribution in [-0.2, 0) is 4.74 Å². The normalized spacial score (nSPS) is 14.4. The minimum Gasteiger partial charge on any atom is -0.372 e. The third kappa shape index (κ3) is 9.76. The summed E-state index contributed by atoms with van der Waals surface area (Å²) in [5, 5.41) is 3.04. The Hall–Kier alpha value is -0.330. The van der Waals surface area contributed by atoms with Gasteiger partial charge < -0.3 is 15.8 Å². The van der Waals surface area contributed by atoms with Crippen molar-refractivity contribution in [2.45, 2.75) is 25.6 Å². The van der Waals surface area contributed by atoms with Gasteiger partial charge in [0.05, 0.1) is 0 Å². The largest absolute Gasteiger partial charge is 0.411 e. The summed E-state index contributed by atoms with van der Waals surface area (Å²) in [4.78, 5) is 0. The molecule has 0 aromatic heterocycles. The summed E-state index contributed by atoms with van der Waals surface area (Å²) >= 11 is 0. The molecular formula is C8H17F3N2O. The van der Waals surface area contributed by atoms with E-state index < -0.39 is 12.8 Å². The van der Waals surface area contributed by atoms with Crippen LogP contribution < -0.4 is 11.1 Å². The summed E-state index contributed by atoms with van der Waals surface area (Å²) in [6.07, 6.45) is -3.67. The summed E-state index contributed by atoms with van der Waals surface area (Å²) in [7, 11) is 0. The molecule has 0 heterocycles. The molecule has 0 aromatic carbocycles. The molecule has 0 radical (unpaired) electrons. The molecule has 0 bridgehead atoms. The highest BCUT2D eigenvalue weighted by Gasteiger charge is 2.27. The average molecular weight is 214 g/mol. The van der Waals surface area contributed by atoms with Gasteiger partial charge >= 0.3 is 6.18 Å². The molecule has 1 atom stereocenters. The van der Waals surface area contributed by atoms with Gasteiger partial charge in [0, 0.05) is 19.2 Å². The molecule has 86 valence electrons. The van der Waals surface area contributed by atoms with Gasteiger partial charge in [-0.1, -0.05) is 0 Å². The predicted molar refractivity (Wildman–Crippen MR) is 48.0 cm³/mol. The van der Waals surface area contributed by atoms with Gasteiger partial charge in [-0.15, -0.1) is 0 Å². The molecule has 0 rings (SSSR count). The van der Waals surface area contributed by atoms with E-state index >= 15 is 0 Å². The van der Waals surface area contributed by atoms with Crippen LogP contribution in [0.15, 0.2) is 0 Å². The molecule has 0 fully saturated rings. The highest BCUT2D eigenvalue weighted by atomic mass is 19.4. The molecule has 3 N–H and O–H groups in total. The maximum Gasteiger partial charge on any atom is 0.411 e. The van der Waals surface area contributed by atoms with Gasteiger partial charge in [-0.2, -0.15) is 13.2 Å². The Morgan fingerprint density at radius 1 is 1.43 bits per heavy atom.